The molecule has 0 aromatic carbocycles. The van der Waals surface area contributed by atoms with Crippen LogP contribution in [0.5, 0.6) is 0 Å². The smallest absolute Gasteiger partial charge is 0.182 e. The van der Waals surface area contributed by atoms with Crippen LogP contribution in [0.1, 0.15) is 5.69 Å². The van der Waals surface area contributed by atoms with E-state index in [-0.39, 0.29) is 0 Å². The lowest BCUT2D eigenvalue weighted by Crippen LogP contribution is -2.04. The third-order valence-corrected chi connectivity index (χ3v) is 2.88. The van der Waals surface area contributed by atoms with Crippen LogP contribution in [0, 0.1) is 0 Å². The van der Waals surface area contributed by atoms with Gasteiger partial charge in [0, 0.05) is 19.5 Å². The fourth-order valence-electron chi connectivity index (χ4n) is 1.27. The summed E-state index contributed by atoms with van der Waals surface area (Å²) < 4.78 is 5.69. The molecule has 0 bridgehead atoms. The number of methoxy groups -OCH3 is 1. The van der Waals surface area contributed by atoms with Gasteiger partial charge in [0.1, 0.15) is 11.5 Å². The zero-order valence-electron chi connectivity index (χ0n) is 9.09. The number of anilines is 1. The number of halogens is 1. The molecule has 0 aliphatic rings. The zero-order chi connectivity index (χ0) is 12.3. The van der Waals surface area contributed by atoms with Crippen LogP contribution in [-0.2, 0) is 11.3 Å². The largest absolute Gasteiger partial charge is 0.383 e. The molecule has 0 atom stereocenters. The van der Waals surface area contributed by atoms with Crippen LogP contribution in [0.2, 0.25) is 0 Å². The molecule has 0 aliphatic heterocycles. The summed E-state index contributed by atoms with van der Waals surface area (Å²) in [6.45, 7) is 0.348. The number of nitrogen functional groups attached to an aromatic ring is 1. The molecule has 0 amide bonds. The Hall–Kier alpha value is -1.60. The second kappa shape index (κ2) is 5.15. The molecule has 0 unspecified atom stereocenters. The third kappa shape index (κ3) is 2.56. The minimum absolute atomic E-state index is 0.348. The minimum Gasteiger partial charge on any atom is -0.383 e. The molecular weight excluding hydrogens is 286 g/mol. The summed E-state index contributed by atoms with van der Waals surface area (Å²) in [5, 5.41) is 0. The summed E-state index contributed by atoms with van der Waals surface area (Å²) in [6.07, 6.45) is 4.74. The van der Waals surface area contributed by atoms with Crippen molar-refractivity contribution in [3.8, 4) is 11.5 Å². The van der Waals surface area contributed by atoms with Crippen molar-refractivity contribution in [2.75, 3.05) is 12.8 Å². The Morgan fingerprint density at radius 2 is 2.18 bits per heavy atom. The van der Waals surface area contributed by atoms with Gasteiger partial charge in [-0.2, -0.15) is 0 Å². The molecule has 7 heteroatoms. The normalized spacial score (nSPS) is 10.5. The number of nitrogens with zero attached hydrogens (tertiary/aromatic N) is 4. The van der Waals surface area contributed by atoms with E-state index in [4.69, 9.17) is 10.5 Å². The van der Waals surface area contributed by atoms with E-state index in [2.05, 4.69) is 35.9 Å². The van der Waals surface area contributed by atoms with E-state index >= 15 is 0 Å². The summed E-state index contributed by atoms with van der Waals surface area (Å²) in [5.41, 5.74) is 7.04. The number of ether oxygens (including phenoxy) is 1. The van der Waals surface area contributed by atoms with Gasteiger partial charge in [-0.05, 0) is 15.9 Å². The van der Waals surface area contributed by atoms with Crippen LogP contribution < -0.4 is 5.73 Å². The van der Waals surface area contributed by atoms with Gasteiger partial charge in [-0.15, -0.1) is 0 Å². The lowest BCUT2D eigenvalue weighted by Gasteiger charge is -2.07. The molecule has 2 aromatic rings. The fraction of sp³-hybridized carbons (Fsp3) is 0.200. The van der Waals surface area contributed by atoms with Crippen LogP contribution in [-0.4, -0.2) is 27.0 Å². The first-order chi connectivity index (χ1) is 8.22. The Kier molecular flexibility index (Phi) is 3.60. The van der Waals surface area contributed by atoms with Crippen molar-refractivity contribution in [1.29, 1.82) is 0 Å². The number of rotatable bonds is 3. The van der Waals surface area contributed by atoms with E-state index in [1.165, 1.54) is 0 Å². The van der Waals surface area contributed by atoms with Gasteiger partial charge in [0.2, 0.25) is 0 Å². The minimum atomic E-state index is 0.348. The van der Waals surface area contributed by atoms with E-state index in [1.54, 1.807) is 25.7 Å². The molecule has 0 saturated carbocycles. The van der Waals surface area contributed by atoms with Crippen LogP contribution in [0.15, 0.2) is 23.1 Å². The van der Waals surface area contributed by atoms with Gasteiger partial charge in [0.15, 0.2) is 5.82 Å². The Balaban J connectivity index is 2.49. The first-order valence-electron chi connectivity index (χ1n) is 4.79. The molecule has 2 aromatic heterocycles. The third-order valence-electron chi connectivity index (χ3n) is 2.02. The Morgan fingerprint density at radius 1 is 1.35 bits per heavy atom. The van der Waals surface area contributed by atoms with Gasteiger partial charge < -0.3 is 10.5 Å². The maximum absolute atomic E-state index is 5.79. The summed E-state index contributed by atoms with van der Waals surface area (Å²) >= 11 is 3.32. The van der Waals surface area contributed by atoms with E-state index in [0.29, 0.717) is 34.1 Å². The molecule has 0 spiro atoms. The number of hydrogen-bond donors (Lipinski definition) is 1. The molecule has 0 aliphatic carbocycles. The molecule has 0 saturated heterocycles. The van der Waals surface area contributed by atoms with Crippen LogP contribution >= 0.6 is 15.9 Å². The first kappa shape index (κ1) is 11.9. The highest BCUT2D eigenvalue weighted by atomic mass is 79.9. The van der Waals surface area contributed by atoms with Crippen LogP contribution in [0.4, 0.5) is 5.82 Å². The van der Waals surface area contributed by atoms with Crippen molar-refractivity contribution in [2.24, 2.45) is 0 Å². The predicted octanol–water partition coefficient (Wildman–Crippen LogP) is 1.42. The van der Waals surface area contributed by atoms with Crippen molar-refractivity contribution in [1.82, 2.24) is 19.9 Å². The van der Waals surface area contributed by atoms with Crippen molar-refractivity contribution in [2.45, 2.75) is 6.61 Å². The summed E-state index contributed by atoms with van der Waals surface area (Å²) in [6, 6.07) is 0. The van der Waals surface area contributed by atoms with Crippen molar-refractivity contribution >= 4 is 21.7 Å². The van der Waals surface area contributed by atoms with E-state index < -0.39 is 0 Å². The zero-order valence-corrected chi connectivity index (χ0v) is 10.7. The van der Waals surface area contributed by atoms with Crippen LogP contribution in [0.25, 0.3) is 11.5 Å². The maximum atomic E-state index is 5.79. The highest BCUT2D eigenvalue weighted by Gasteiger charge is 2.12. The molecule has 6 nitrogen and oxygen atoms in total. The Morgan fingerprint density at radius 3 is 2.82 bits per heavy atom. The number of aromatic nitrogens is 4. The summed E-state index contributed by atoms with van der Waals surface area (Å²) in [7, 11) is 1.59. The Bertz CT molecular complexity index is 520. The van der Waals surface area contributed by atoms with Gasteiger partial charge in [-0.25, -0.2) is 15.0 Å². The predicted molar refractivity (Wildman–Crippen MR) is 65.9 cm³/mol. The number of nitrogens with two attached hydrogens (primary N) is 1. The van der Waals surface area contributed by atoms with Gasteiger partial charge in [0.05, 0.1) is 23.0 Å². The Labute approximate surface area is 106 Å². The van der Waals surface area contributed by atoms with Gasteiger partial charge in [0.25, 0.3) is 0 Å². The average molecular weight is 296 g/mol. The fourth-order valence-corrected chi connectivity index (χ4v) is 1.57. The monoisotopic (exact) mass is 295 g/mol. The van der Waals surface area contributed by atoms with Crippen LogP contribution in [0.3, 0.4) is 0 Å². The number of hydrogen-bond acceptors (Lipinski definition) is 6. The molecule has 17 heavy (non-hydrogen) atoms. The lowest BCUT2D eigenvalue weighted by atomic mass is 10.3. The summed E-state index contributed by atoms with van der Waals surface area (Å²) in [5.74, 6) is 0.790. The van der Waals surface area contributed by atoms with E-state index in [0.717, 1.165) is 0 Å². The van der Waals surface area contributed by atoms with Gasteiger partial charge in [-0.3, -0.25) is 4.98 Å². The second-order valence-electron chi connectivity index (χ2n) is 3.22. The molecule has 2 heterocycles. The van der Waals surface area contributed by atoms with E-state index in [1.807, 2.05) is 0 Å². The molecule has 88 valence electrons. The van der Waals surface area contributed by atoms with E-state index in [9.17, 15) is 0 Å². The van der Waals surface area contributed by atoms with Gasteiger partial charge in [-0.1, -0.05) is 0 Å². The quantitative estimate of drug-likeness (QED) is 0.922. The molecule has 2 N–H and O–H groups in total. The highest BCUT2D eigenvalue weighted by Crippen LogP contribution is 2.24. The lowest BCUT2D eigenvalue weighted by molar-refractivity contribution is 0.181. The average Bonchev–Trinajstić information content (AvgIpc) is 2.36. The molecule has 0 radical (unpaired) electrons. The van der Waals surface area contributed by atoms with Crippen molar-refractivity contribution < 1.29 is 4.74 Å². The molecular formula is C10H10BrN5O. The maximum Gasteiger partial charge on any atom is 0.182 e. The second-order valence-corrected chi connectivity index (χ2v) is 4.01. The SMILES string of the molecule is COCc1nc(-c2cnccn2)nc(N)c1Br. The summed E-state index contributed by atoms with van der Waals surface area (Å²) in [4.78, 5) is 16.6. The first-order valence-corrected chi connectivity index (χ1v) is 5.59. The standard InChI is InChI=1S/C10H10BrN5O/c1-17-5-7-8(11)9(12)16-10(15-7)6-4-13-2-3-14-6/h2-4H,5H2,1H3,(H2,12,15,16). The molecule has 2 rings (SSSR count). The van der Waals surface area contributed by atoms with Gasteiger partial charge >= 0.3 is 0 Å². The molecule has 0 fully saturated rings. The highest BCUT2D eigenvalue weighted by molar-refractivity contribution is 9.10. The topological polar surface area (TPSA) is 86.8 Å². The van der Waals surface area contributed by atoms with Crippen molar-refractivity contribution in [3.63, 3.8) is 0 Å². The van der Waals surface area contributed by atoms with Crippen molar-refractivity contribution in [3.05, 3.63) is 28.8 Å².